The third-order valence-electron chi connectivity index (χ3n) is 5.26. The van der Waals surface area contributed by atoms with Crippen molar-refractivity contribution < 1.29 is 0 Å². The Bertz CT molecular complexity index is 1020. The van der Waals surface area contributed by atoms with E-state index in [-0.39, 0.29) is 5.41 Å². The zero-order valence-corrected chi connectivity index (χ0v) is 15.8. The Balaban J connectivity index is 1.65. The minimum atomic E-state index is -0.0183. The summed E-state index contributed by atoms with van der Waals surface area (Å²) >= 11 is 0. The lowest BCUT2D eigenvalue weighted by molar-refractivity contribution is 0.641. The molecule has 1 heterocycles. The van der Waals surface area contributed by atoms with Gasteiger partial charge in [-0.3, -0.25) is 4.98 Å². The van der Waals surface area contributed by atoms with Gasteiger partial charge in [-0.25, -0.2) is 0 Å². The maximum absolute atomic E-state index is 4.46. The number of pyridine rings is 1. The van der Waals surface area contributed by atoms with Crippen LogP contribution in [0.25, 0.3) is 22.4 Å². The first-order valence-corrected chi connectivity index (χ1v) is 9.32. The Labute approximate surface area is 161 Å². The molecule has 0 amide bonds. The minimum absolute atomic E-state index is 0.0183. The van der Waals surface area contributed by atoms with Crippen LogP contribution in [-0.2, 0) is 5.41 Å². The Hall–Kier alpha value is -3.19. The van der Waals surface area contributed by atoms with Crippen LogP contribution in [0.5, 0.6) is 0 Å². The number of rotatable bonds is 4. The number of benzene rings is 3. The molecule has 1 aromatic heterocycles. The lowest BCUT2D eigenvalue weighted by Crippen LogP contribution is -2.18. The van der Waals surface area contributed by atoms with Gasteiger partial charge in [-0.15, -0.1) is 0 Å². The van der Waals surface area contributed by atoms with Gasteiger partial charge in [0.15, 0.2) is 0 Å². The molecule has 0 spiro atoms. The van der Waals surface area contributed by atoms with Crippen LogP contribution in [0.4, 0.5) is 0 Å². The molecular formula is C26H23N. The highest BCUT2D eigenvalue weighted by atomic mass is 14.7. The molecule has 0 aliphatic rings. The van der Waals surface area contributed by atoms with Crippen LogP contribution in [0, 0.1) is 0 Å². The highest BCUT2D eigenvalue weighted by Gasteiger charge is 2.22. The average Bonchev–Trinajstić information content (AvgIpc) is 2.75. The van der Waals surface area contributed by atoms with E-state index >= 15 is 0 Å². The molecule has 1 heteroatoms. The van der Waals surface area contributed by atoms with Crippen molar-refractivity contribution in [3.63, 3.8) is 0 Å². The molecule has 132 valence electrons. The molecule has 0 unspecified atom stereocenters. The standard InChI is InChI=1S/C26H23N/c1-26(2,23-11-4-3-5-12-23)24-16-14-20(15-17-24)21-9-8-10-22(19-21)25-13-6-7-18-27-25/h3-19H,1-2H3. The molecule has 3 aromatic carbocycles. The van der Waals surface area contributed by atoms with E-state index < -0.39 is 0 Å². The van der Waals surface area contributed by atoms with Crippen LogP contribution in [0.2, 0.25) is 0 Å². The summed E-state index contributed by atoms with van der Waals surface area (Å²) in [4.78, 5) is 4.46. The van der Waals surface area contributed by atoms with E-state index in [0.717, 1.165) is 11.3 Å². The van der Waals surface area contributed by atoms with Gasteiger partial charge in [0.25, 0.3) is 0 Å². The Morgan fingerprint density at radius 3 is 1.93 bits per heavy atom. The summed E-state index contributed by atoms with van der Waals surface area (Å²) in [7, 11) is 0. The van der Waals surface area contributed by atoms with E-state index in [1.54, 1.807) is 0 Å². The second kappa shape index (κ2) is 7.20. The van der Waals surface area contributed by atoms with Crippen molar-refractivity contribution >= 4 is 0 Å². The van der Waals surface area contributed by atoms with Gasteiger partial charge >= 0.3 is 0 Å². The van der Waals surface area contributed by atoms with Crippen LogP contribution in [-0.4, -0.2) is 4.98 Å². The summed E-state index contributed by atoms with van der Waals surface area (Å²) in [5, 5.41) is 0. The number of hydrogen-bond donors (Lipinski definition) is 0. The fraction of sp³-hybridized carbons (Fsp3) is 0.115. The number of hydrogen-bond acceptors (Lipinski definition) is 1. The molecule has 0 aliphatic carbocycles. The van der Waals surface area contributed by atoms with E-state index in [2.05, 4.69) is 97.7 Å². The summed E-state index contributed by atoms with van der Waals surface area (Å²) in [5.41, 5.74) is 7.20. The van der Waals surface area contributed by atoms with Crippen molar-refractivity contribution in [2.75, 3.05) is 0 Å². The lowest BCUT2D eigenvalue weighted by atomic mass is 9.78. The fourth-order valence-electron chi connectivity index (χ4n) is 3.49. The first-order valence-electron chi connectivity index (χ1n) is 9.32. The topological polar surface area (TPSA) is 12.9 Å². The third kappa shape index (κ3) is 3.54. The predicted molar refractivity (Wildman–Crippen MR) is 114 cm³/mol. The van der Waals surface area contributed by atoms with Crippen molar-refractivity contribution in [2.24, 2.45) is 0 Å². The Morgan fingerprint density at radius 2 is 1.22 bits per heavy atom. The molecule has 4 rings (SSSR count). The summed E-state index contributed by atoms with van der Waals surface area (Å²) in [6.45, 7) is 4.55. The van der Waals surface area contributed by atoms with Gasteiger partial charge in [0.05, 0.1) is 5.69 Å². The van der Waals surface area contributed by atoms with E-state index in [1.165, 1.54) is 22.3 Å². The summed E-state index contributed by atoms with van der Waals surface area (Å²) < 4.78 is 0. The van der Waals surface area contributed by atoms with Crippen molar-refractivity contribution in [3.8, 4) is 22.4 Å². The monoisotopic (exact) mass is 349 g/mol. The second-order valence-corrected chi connectivity index (χ2v) is 7.36. The van der Waals surface area contributed by atoms with E-state index in [0.29, 0.717) is 0 Å². The molecule has 4 aromatic rings. The lowest BCUT2D eigenvalue weighted by Gasteiger charge is -2.26. The maximum atomic E-state index is 4.46. The summed E-state index contributed by atoms with van der Waals surface area (Å²) in [6, 6.07) is 34.2. The summed E-state index contributed by atoms with van der Waals surface area (Å²) in [6.07, 6.45) is 1.84. The van der Waals surface area contributed by atoms with Crippen molar-refractivity contribution in [2.45, 2.75) is 19.3 Å². The largest absolute Gasteiger partial charge is 0.256 e. The molecule has 0 fully saturated rings. The molecule has 0 atom stereocenters. The number of aromatic nitrogens is 1. The first-order chi connectivity index (χ1) is 13.1. The van der Waals surface area contributed by atoms with Crippen molar-refractivity contribution in [3.05, 3.63) is 114 Å². The SMILES string of the molecule is CC(C)(c1ccccc1)c1ccc(-c2cccc(-c3ccccn3)c2)cc1. The molecule has 1 nitrogen and oxygen atoms in total. The molecule has 0 saturated heterocycles. The van der Waals surface area contributed by atoms with Crippen LogP contribution in [0.3, 0.4) is 0 Å². The third-order valence-corrected chi connectivity index (χ3v) is 5.26. The van der Waals surface area contributed by atoms with Gasteiger partial charge in [-0.05, 0) is 40.5 Å². The second-order valence-electron chi connectivity index (χ2n) is 7.36. The molecule has 0 bridgehead atoms. The quantitative estimate of drug-likeness (QED) is 0.397. The zero-order chi connectivity index (χ0) is 18.7. The normalized spacial score (nSPS) is 11.3. The Morgan fingerprint density at radius 1 is 0.556 bits per heavy atom. The molecule has 0 aliphatic heterocycles. The van der Waals surface area contributed by atoms with Gasteiger partial charge in [-0.2, -0.15) is 0 Å². The molecule has 0 saturated carbocycles. The van der Waals surface area contributed by atoms with E-state index in [4.69, 9.17) is 0 Å². The van der Waals surface area contributed by atoms with Crippen LogP contribution < -0.4 is 0 Å². The highest BCUT2D eigenvalue weighted by Crippen LogP contribution is 2.33. The zero-order valence-electron chi connectivity index (χ0n) is 15.8. The van der Waals surface area contributed by atoms with Crippen LogP contribution in [0.15, 0.2) is 103 Å². The van der Waals surface area contributed by atoms with E-state index in [1.807, 2.05) is 24.4 Å². The van der Waals surface area contributed by atoms with Gasteiger partial charge < -0.3 is 0 Å². The predicted octanol–water partition coefficient (Wildman–Crippen LogP) is 6.74. The highest BCUT2D eigenvalue weighted by molar-refractivity contribution is 5.71. The van der Waals surface area contributed by atoms with Crippen LogP contribution >= 0.6 is 0 Å². The molecule has 0 radical (unpaired) electrons. The van der Waals surface area contributed by atoms with Gasteiger partial charge in [0.1, 0.15) is 0 Å². The van der Waals surface area contributed by atoms with Crippen molar-refractivity contribution in [1.82, 2.24) is 4.98 Å². The molecular weight excluding hydrogens is 326 g/mol. The number of nitrogens with zero attached hydrogens (tertiary/aromatic N) is 1. The van der Waals surface area contributed by atoms with Gasteiger partial charge in [-0.1, -0.05) is 92.7 Å². The van der Waals surface area contributed by atoms with Gasteiger partial charge in [0, 0.05) is 17.2 Å². The molecule has 0 N–H and O–H groups in total. The molecule has 27 heavy (non-hydrogen) atoms. The average molecular weight is 349 g/mol. The minimum Gasteiger partial charge on any atom is -0.256 e. The Kier molecular flexibility index (Phi) is 4.60. The van der Waals surface area contributed by atoms with Crippen molar-refractivity contribution in [1.29, 1.82) is 0 Å². The smallest absolute Gasteiger partial charge is 0.0702 e. The summed E-state index contributed by atoms with van der Waals surface area (Å²) in [5.74, 6) is 0. The maximum Gasteiger partial charge on any atom is 0.0702 e. The van der Waals surface area contributed by atoms with Gasteiger partial charge in [0.2, 0.25) is 0 Å². The fourth-order valence-corrected chi connectivity index (χ4v) is 3.49. The van der Waals surface area contributed by atoms with Crippen LogP contribution in [0.1, 0.15) is 25.0 Å². The van der Waals surface area contributed by atoms with E-state index in [9.17, 15) is 0 Å². The first kappa shape index (κ1) is 17.2.